The van der Waals surface area contributed by atoms with Crippen molar-refractivity contribution in [1.29, 1.82) is 0 Å². The summed E-state index contributed by atoms with van der Waals surface area (Å²) in [4.78, 5) is 20.7. The number of amides is 1. The average molecular weight is 541 g/mol. The molecule has 0 N–H and O–H groups in total. The van der Waals surface area contributed by atoms with Gasteiger partial charge in [-0.2, -0.15) is 0 Å². The fourth-order valence-electron chi connectivity index (χ4n) is 5.60. The number of halogens is 1. The molecule has 37 heavy (non-hydrogen) atoms. The first-order valence-electron chi connectivity index (χ1n) is 12.4. The summed E-state index contributed by atoms with van der Waals surface area (Å²) < 4.78 is 18.2. The number of carbonyl (C=O) groups excluding carboxylic acids is 1. The van der Waals surface area contributed by atoms with Crippen LogP contribution in [0.4, 0.5) is 4.79 Å². The van der Waals surface area contributed by atoms with Crippen LogP contribution in [0.1, 0.15) is 51.2 Å². The number of nitrogens with zero attached hydrogens (tertiary/aromatic N) is 2. The highest BCUT2D eigenvalue weighted by molar-refractivity contribution is 7.98. The van der Waals surface area contributed by atoms with Crippen molar-refractivity contribution in [3.8, 4) is 5.88 Å². The summed E-state index contributed by atoms with van der Waals surface area (Å²) in [6, 6.07) is 16.3. The number of rotatable bonds is 5. The molecule has 1 amide bonds. The van der Waals surface area contributed by atoms with E-state index in [9.17, 15) is 4.79 Å². The van der Waals surface area contributed by atoms with Gasteiger partial charge in [0.05, 0.1) is 19.2 Å². The van der Waals surface area contributed by atoms with E-state index in [1.807, 2.05) is 51.1 Å². The average Bonchev–Trinajstić information content (AvgIpc) is 3.48. The lowest BCUT2D eigenvalue weighted by molar-refractivity contribution is 0.0182. The number of pyridine rings is 1. The van der Waals surface area contributed by atoms with Crippen LogP contribution in [0.25, 0.3) is 10.9 Å². The monoisotopic (exact) mass is 540 g/mol. The van der Waals surface area contributed by atoms with E-state index in [-0.39, 0.29) is 12.0 Å². The molecule has 0 spiro atoms. The first-order valence-corrected chi connectivity index (χ1v) is 14.1. The van der Waals surface area contributed by atoms with Gasteiger partial charge in [0.15, 0.2) is 0 Å². The number of likely N-dealkylation sites (tertiary alicyclic amines) is 1. The van der Waals surface area contributed by atoms with Crippen LogP contribution < -0.4 is 4.74 Å². The molecule has 5 rings (SSSR count). The first kappa shape index (κ1) is 26.1. The van der Waals surface area contributed by atoms with Gasteiger partial charge in [0, 0.05) is 33.3 Å². The molecule has 0 bridgehead atoms. The Labute approximate surface area is 227 Å². The number of ether oxygens (including phenoxy) is 3. The molecule has 3 heterocycles. The quantitative estimate of drug-likeness (QED) is 0.258. The number of benzene rings is 2. The molecule has 6 nitrogen and oxygen atoms in total. The molecule has 2 aliphatic rings. The van der Waals surface area contributed by atoms with E-state index in [4.69, 9.17) is 30.8 Å². The van der Waals surface area contributed by atoms with Gasteiger partial charge >= 0.3 is 6.09 Å². The zero-order valence-corrected chi connectivity index (χ0v) is 23.7. The molecule has 0 saturated carbocycles. The molecule has 2 saturated heterocycles. The Morgan fingerprint density at radius 3 is 2.54 bits per heavy atom. The summed E-state index contributed by atoms with van der Waals surface area (Å²) in [7, 11) is 1.66. The summed E-state index contributed by atoms with van der Waals surface area (Å²) in [5.41, 5.74) is 1.28. The van der Waals surface area contributed by atoms with Crippen molar-refractivity contribution in [3.05, 3.63) is 64.7 Å². The molecule has 196 valence electrons. The molecule has 0 radical (unpaired) electrons. The SMILES string of the molecule is COc1nc2ccc(SC)cc2cc1C(c1ccc(Cl)cc1)C12CCN(C(=O)OC(C)(C)C)CC1(C)O2. The minimum absolute atomic E-state index is 0.166. The summed E-state index contributed by atoms with van der Waals surface area (Å²) >= 11 is 7.97. The number of epoxide rings is 1. The molecular formula is C29H33ClN2O4S. The number of hydrogen-bond donors (Lipinski definition) is 0. The van der Waals surface area contributed by atoms with Gasteiger partial charge in [0.1, 0.15) is 16.8 Å². The van der Waals surface area contributed by atoms with Crippen LogP contribution in [0, 0.1) is 0 Å². The molecule has 3 atom stereocenters. The maximum absolute atomic E-state index is 12.9. The molecule has 0 aliphatic carbocycles. The first-order chi connectivity index (χ1) is 17.5. The lowest BCUT2D eigenvalue weighted by atomic mass is 9.71. The van der Waals surface area contributed by atoms with Crippen LogP contribution in [0.2, 0.25) is 5.02 Å². The molecule has 3 aromatic rings. The molecular weight excluding hydrogens is 508 g/mol. The van der Waals surface area contributed by atoms with E-state index in [1.54, 1.807) is 23.8 Å². The summed E-state index contributed by atoms with van der Waals surface area (Å²) in [5, 5.41) is 1.72. The highest BCUT2D eigenvalue weighted by Gasteiger charge is 2.73. The topological polar surface area (TPSA) is 64.2 Å². The van der Waals surface area contributed by atoms with Crippen LogP contribution in [-0.4, -0.2) is 59.2 Å². The van der Waals surface area contributed by atoms with Crippen molar-refractivity contribution < 1.29 is 19.0 Å². The van der Waals surface area contributed by atoms with Crippen molar-refractivity contribution in [2.45, 2.75) is 61.7 Å². The minimum atomic E-state index is -0.553. The van der Waals surface area contributed by atoms with Crippen molar-refractivity contribution in [1.82, 2.24) is 9.88 Å². The molecule has 2 aliphatic heterocycles. The van der Waals surface area contributed by atoms with Crippen LogP contribution in [0.3, 0.4) is 0 Å². The van der Waals surface area contributed by atoms with Crippen molar-refractivity contribution in [2.75, 3.05) is 26.5 Å². The number of carbonyl (C=O) groups is 1. The lowest BCUT2D eigenvalue weighted by Crippen LogP contribution is -2.51. The zero-order valence-electron chi connectivity index (χ0n) is 22.1. The Bertz CT molecular complexity index is 1340. The molecule has 2 aromatic carbocycles. The second kappa shape index (κ2) is 9.37. The Kier molecular flexibility index (Phi) is 6.62. The minimum Gasteiger partial charge on any atom is -0.481 e. The third-order valence-electron chi connectivity index (χ3n) is 7.35. The van der Waals surface area contributed by atoms with E-state index in [2.05, 4.69) is 31.4 Å². The van der Waals surface area contributed by atoms with Crippen molar-refractivity contribution in [2.24, 2.45) is 0 Å². The number of methoxy groups -OCH3 is 1. The van der Waals surface area contributed by atoms with Gasteiger partial charge in [-0.15, -0.1) is 11.8 Å². The van der Waals surface area contributed by atoms with Crippen molar-refractivity contribution in [3.63, 3.8) is 0 Å². The fourth-order valence-corrected chi connectivity index (χ4v) is 6.17. The largest absolute Gasteiger partial charge is 0.481 e. The number of piperidine rings is 1. The lowest BCUT2D eigenvalue weighted by Gasteiger charge is -2.37. The standard InChI is InChI=1S/C29H33ClN2O4S/c1-27(2,3)35-26(33)32-14-13-29(28(4,17-32)36-29)24(18-7-9-20(30)10-8-18)22-16-19-15-21(37-6)11-12-23(19)31-25(22)34-5/h7-12,15-16,24H,13-14,17H2,1-6H3. The van der Waals surface area contributed by atoms with Crippen LogP contribution >= 0.6 is 23.4 Å². The smallest absolute Gasteiger partial charge is 0.410 e. The fraction of sp³-hybridized carbons (Fsp3) is 0.448. The van der Waals surface area contributed by atoms with Crippen LogP contribution in [0.5, 0.6) is 5.88 Å². The van der Waals surface area contributed by atoms with Gasteiger partial charge < -0.3 is 19.1 Å². The number of fused-ring (bicyclic) bond motifs is 2. The summed E-state index contributed by atoms with van der Waals surface area (Å²) in [5.74, 6) is 0.409. The molecule has 1 aromatic heterocycles. The van der Waals surface area contributed by atoms with Gasteiger partial charge in [-0.05, 0) is 82.3 Å². The normalized spacial score (nSPS) is 23.9. The van der Waals surface area contributed by atoms with E-state index in [1.165, 1.54) is 4.90 Å². The Morgan fingerprint density at radius 2 is 1.92 bits per heavy atom. The maximum Gasteiger partial charge on any atom is 0.410 e. The van der Waals surface area contributed by atoms with E-state index >= 15 is 0 Å². The third-order valence-corrected chi connectivity index (χ3v) is 8.32. The van der Waals surface area contributed by atoms with Gasteiger partial charge in [0.25, 0.3) is 0 Å². The van der Waals surface area contributed by atoms with E-state index in [0.29, 0.717) is 30.4 Å². The van der Waals surface area contributed by atoms with Crippen LogP contribution in [0.15, 0.2) is 53.4 Å². The molecule has 2 fully saturated rings. The number of hydrogen-bond acceptors (Lipinski definition) is 6. The van der Waals surface area contributed by atoms with Gasteiger partial charge in [-0.25, -0.2) is 9.78 Å². The zero-order chi connectivity index (χ0) is 26.6. The maximum atomic E-state index is 12.9. The van der Waals surface area contributed by atoms with Gasteiger partial charge in [0.2, 0.25) is 5.88 Å². The second-order valence-corrected chi connectivity index (χ2v) is 12.3. The Hall–Kier alpha value is -2.48. The molecule has 3 unspecified atom stereocenters. The predicted octanol–water partition coefficient (Wildman–Crippen LogP) is 6.92. The molecule has 8 heteroatoms. The number of thioether (sulfide) groups is 1. The Balaban J connectivity index is 1.59. The third kappa shape index (κ3) is 4.77. The van der Waals surface area contributed by atoms with E-state index in [0.717, 1.165) is 22.0 Å². The highest BCUT2D eigenvalue weighted by atomic mass is 35.5. The summed E-state index contributed by atoms with van der Waals surface area (Å²) in [6.45, 7) is 8.71. The second-order valence-electron chi connectivity index (χ2n) is 11.0. The van der Waals surface area contributed by atoms with Gasteiger partial charge in [-0.3, -0.25) is 0 Å². The van der Waals surface area contributed by atoms with Crippen LogP contribution in [-0.2, 0) is 9.47 Å². The van der Waals surface area contributed by atoms with Gasteiger partial charge in [-0.1, -0.05) is 23.7 Å². The predicted molar refractivity (Wildman–Crippen MR) is 148 cm³/mol. The Morgan fingerprint density at radius 1 is 1.19 bits per heavy atom. The highest BCUT2D eigenvalue weighted by Crippen LogP contribution is 2.63. The number of aromatic nitrogens is 1. The summed E-state index contributed by atoms with van der Waals surface area (Å²) in [6.07, 6.45) is 2.41. The van der Waals surface area contributed by atoms with E-state index < -0.39 is 16.8 Å². The van der Waals surface area contributed by atoms with Crippen molar-refractivity contribution >= 4 is 40.4 Å².